The fraction of sp³-hybridized carbons (Fsp3) is 0.538. The van der Waals surface area contributed by atoms with Gasteiger partial charge in [-0.2, -0.15) is 13.2 Å². The molecule has 1 aromatic carbocycles. The quantitative estimate of drug-likeness (QED) is 0.838. The normalized spacial score (nSPS) is 13.4. The van der Waals surface area contributed by atoms with E-state index in [0.29, 0.717) is 17.9 Å². The number of ether oxygens (including phenoxy) is 1. The molecule has 0 radical (unpaired) electrons. The monoisotopic (exact) mass is 277 g/mol. The molecule has 0 aliphatic carbocycles. The Hall–Kier alpha value is -1.27. The van der Waals surface area contributed by atoms with Gasteiger partial charge in [0.15, 0.2) is 0 Å². The van der Waals surface area contributed by atoms with E-state index in [9.17, 15) is 13.2 Å². The molecule has 0 saturated carbocycles. The molecule has 1 aromatic rings. The zero-order chi connectivity index (χ0) is 14.5. The predicted molar refractivity (Wildman–Crippen MR) is 65.9 cm³/mol. The number of benzene rings is 1. The Morgan fingerprint density at radius 3 is 2.53 bits per heavy atom. The van der Waals surface area contributed by atoms with Crippen LogP contribution in [0, 0.1) is 5.92 Å². The van der Waals surface area contributed by atoms with Crippen LogP contribution in [-0.2, 0) is 12.6 Å². The van der Waals surface area contributed by atoms with Gasteiger partial charge in [-0.05, 0) is 49.6 Å². The number of nitrogens with two attached hydrogens (primary N) is 1. The minimum Gasteiger partial charge on any atom is -0.494 e. The lowest BCUT2D eigenvalue weighted by Crippen LogP contribution is -2.21. The molecule has 0 aromatic heterocycles. The van der Waals surface area contributed by atoms with Gasteiger partial charge in [0.05, 0.1) is 12.2 Å². The number of halogens is 3. The highest BCUT2D eigenvalue weighted by atomic mass is 19.4. The van der Waals surface area contributed by atoms with Gasteiger partial charge in [0.2, 0.25) is 0 Å². The molecule has 0 heterocycles. The molecule has 0 fully saturated rings. The predicted octanol–water partition coefficient (Wildman–Crippen LogP) is 2.21. The Labute approximate surface area is 110 Å². The number of aliphatic hydroxyl groups is 1. The van der Waals surface area contributed by atoms with Gasteiger partial charge in [-0.15, -0.1) is 0 Å². The number of hydrogen-bond acceptors (Lipinski definition) is 3. The Kier molecular flexibility index (Phi) is 5.62. The molecule has 0 spiro atoms. The zero-order valence-electron chi connectivity index (χ0n) is 10.7. The summed E-state index contributed by atoms with van der Waals surface area (Å²) in [5.41, 5.74) is 5.15. The summed E-state index contributed by atoms with van der Waals surface area (Å²) in [4.78, 5) is 0. The Morgan fingerprint density at radius 2 is 2.05 bits per heavy atom. The first-order valence-electron chi connectivity index (χ1n) is 6.06. The Morgan fingerprint density at radius 1 is 1.37 bits per heavy atom. The van der Waals surface area contributed by atoms with Crippen LogP contribution in [0.4, 0.5) is 13.2 Å². The van der Waals surface area contributed by atoms with E-state index in [2.05, 4.69) is 0 Å². The molecule has 1 unspecified atom stereocenters. The van der Waals surface area contributed by atoms with Gasteiger partial charge in [-0.25, -0.2) is 0 Å². The number of alkyl halides is 3. The summed E-state index contributed by atoms with van der Waals surface area (Å²) in [6, 6.07) is 3.36. The molecule has 0 amide bonds. The average Bonchev–Trinajstić information content (AvgIpc) is 2.36. The standard InChI is InChI=1S/C13H18F3NO2/c1-2-19-12-4-3-11(13(14,15)16)6-10(12)5-9(7-17)8-18/h3-4,6,9,18H,2,5,7-8,17H2,1H3. The molecule has 6 heteroatoms. The molecule has 19 heavy (non-hydrogen) atoms. The van der Waals surface area contributed by atoms with Crippen molar-refractivity contribution in [3.05, 3.63) is 29.3 Å². The molecular formula is C13H18F3NO2. The van der Waals surface area contributed by atoms with Crippen LogP contribution >= 0.6 is 0 Å². The van der Waals surface area contributed by atoms with E-state index in [4.69, 9.17) is 15.6 Å². The summed E-state index contributed by atoms with van der Waals surface area (Å²) in [6.45, 7) is 2.16. The van der Waals surface area contributed by atoms with E-state index in [0.717, 1.165) is 12.1 Å². The molecule has 0 bridgehead atoms. The number of hydrogen-bond donors (Lipinski definition) is 2. The minimum atomic E-state index is -4.39. The largest absolute Gasteiger partial charge is 0.494 e. The first kappa shape index (κ1) is 15.8. The molecule has 0 saturated heterocycles. The first-order chi connectivity index (χ1) is 8.92. The summed E-state index contributed by atoms with van der Waals surface area (Å²) >= 11 is 0. The van der Waals surface area contributed by atoms with E-state index in [-0.39, 0.29) is 25.5 Å². The fourth-order valence-electron chi connectivity index (χ4n) is 1.75. The molecule has 3 nitrogen and oxygen atoms in total. The highest BCUT2D eigenvalue weighted by Crippen LogP contribution is 2.33. The van der Waals surface area contributed by atoms with Crippen molar-refractivity contribution in [3.63, 3.8) is 0 Å². The zero-order valence-corrected chi connectivity index (χ0v) is 10.7. The van der Waals surface area contributed by atoms with E-state index in [1.165, 1.54) is 6.07 Å². The Balaban J connectivity index is 3.08. The van der Waals surface area contributed by atoms with E-state index in [1.54, 1.807) is 6.92 Å². The van der Waals surface area contributed by atoms with Crippen molar-refractivity contribution in [1.82, 2.24) is 0 Å². The van der Waals surface area contributed by atoms with Crippen molar-refractivity contribution in [1.29, 1.82) is 0 Å². The highest BCUT2D eigenvalue weighted by Gasteiger charge is 2.31. The van der Waals surface area contributed by atoms with Crippen molar-refractivity contribution in [3.8, 4) is 5.75 Å². The van der Waals surface area contributed by atoms with E-state index >= 15 is 0 Å². The summed E-state index contributed by atoms with van der Waals surface area (Å²) in [5.74, 6) is 0.130. The van der Waals surface area contributed by atoms with E-state index in [1.807, 2.05) is 0 Å². The topological polar surface area (TPSA) is 55.5 Å². The average molecular weight is 277 g/mol. The first-order valence-corrected chi connectivity index (χ1v) is 6.06. The number of aliphatic hydroxyl groups excluding tert-OH is 1. The van der Waals surface area contributed by atoms with Gasteiger partial charge in [-0.3, -0.25) is 0 Å². The van der Waals surface area contributed by atoms with Gasteiger partial charge in [0.25, 0.3) is 0 Å². The van der Waals surface area contributed by atoms with Crippen LogP contribution in [0.3, 0.4) is 0 Å². The van der Waals surface area contributed by atoms with Crippen LogP contribution in [0.2, 0.25) is 0 Å². The Bertz CT molecular complexity index is 403. The van der Waals surface area contributed by atoms with Crippen LogP contribution in [0.15, 0.2) is 18.2 Å². The molecule has 108 valence electrons. The number of rotatable bonds is 6. The molecule has 0 aliphatic rings. The van der Waals surface area contributed by atoms with Gasteiger partial charge in [0, 0.05) is 6.61 Å². The lowest BCUT2D eigenvalue weighted by Gasteiger charge is -2.17. The van der Waals surface area contributed by atoms with Crippen LogP contribution in [-0.4, -0.2) is 24.9 Å². The maximum atomic E-state index is 12.7. The van der Waals surface area contributed by atoms with Crippen molar-refractivity contribution in [2.75, 3.05) is 19.8 Å². The third kappa shape index (κ3) is 4.40. The minimum absolute atomic E-state index is 0.168. The molecule has 0 aliphatic heterocycles. The fourth-order valence-corrected chi connectivity index (χ4v) is 1.75. The molecular weight excluding hydrogens is 259 g/mol. The van der Waals surface area contributed by atoms with Crippen LogP contribution < -0.4 is 10.5 Å². The van der Waals surface area contributed by atoms with Crippen molar-refractivity contribution < 1.29 is 23.0 Å². The second kappa shape index (κ2) is 6.77. The van der Waals surface area contributed by atoms with Gasteiger partial charge < -0.3 is 15.6 Å². The third-order valence-electron chi connectivity index (χ3n) is 2.79. The lowest BCUT2D eigenvalue weighted by molar-refractivity contribution is -0.137. The summed E-state index contributed by atoms with van der Waals surface area (Å²) in [5, 5.41) is 9.09. The van der Waals surface area contributed by atoms with Crippen LogP contribution in [0.1, 0.15) is 18.1 Å². The highest BCUT2D eigenvalue weighted by molar-refractivity contribution is 5.38. The smallest absolute Gasteiger partial charge is 0.416 e. The second-order valence-corrected chi connectivity index (χ2v) is 4.24. The molecule has 1 atom stereocenters. The van der Waals surface area contributed by atoms with Gasteiger partial charge >= 0.3 is 6.18 Å². The van der Waals surface area contributed by atoms with Crippen LogP contribution in [0.25, 0.3) is 0 Å². The lowest BCUT2D eigenvalue weighted by atomic mass is 9.97. The van der Waals surface area contributed by atoms with Crippen LogP contribution in [0.5, 0.6) is 5.75 Å². The summed E-state index contributed by atoms with van der Waals surface area (Å²) < 4.78 is 43.3. The van der Waals surface area contributed by atoms with E-state index < -0.39 is 11.7 Å². The second-order valence-electron chi connectivity index (χ2n) is 4.24. The molecule has 1 rings (SSSR count). The maximum absolute atomic E-state index is 12.7. The van der Waals surface area contributed by atoms with Gasteiger partial charge in [-0.1, -0.05) is 0 Å². The SMILES string of the molecule is CCOc1ccc(C(F)(F)F)cc1CC(CN)CO. The summed E-state index contributed by atoms with van der Waals surface area (Å²) in [6.07, 6.45) is -4.14. The third-order valence-corrected chi connectivity index (χ3v) is 2.79. The van der Waals surface area contributed by atoms with Crippen molar-refractivity contribution in [2.24, 2.45) is 11.7 Å². The van der Waals surface area contributed by atoms with Crippen molar-refractivity contribution >= 4 is 0 Å². The molecule has 3 N–H and O–H groups in total. The summed E-state index contributed by atoms with van der Waals surface area (Å²) in [7, 11) is 0. The van der Waals surface area contributed by atoms with Gasteiger partial charge in [0.1, 0.15) is 5.75 Å². The maximum Gasteiger partial charge on any atom is 0.416 e. The van der Waals surface area contributed by atoms with Crippen molar-refractivity contribution in [2.45, 2.75) is 19.5 Å².